The van der Waals surface area contributed by atoms with E-state index >= 15 is 0 Å². The number of nitrogens with zero attached hydrogens (tertiary/aromatic N) is 2. The maximum atomic E-state index is 4.84. The number of rotatable bonds is 13. The van der Waals surface area contributed by atoms with Crippen molar-refractivity contribution >= 4 is 79.8 Å². The molecule has 6 N–H and O–H groups in total. The second-order valence-electron chi connectivity index (χ2n) is 10.7. The Morgan fingerprint density at radius 1 is 0.364 bits per heavy atom. The maximum Gasteiger partial charge on any atom is 0.0730 e. The summed E-state index contributed by atoms with van der Waals surface area (Å²) < 4.78 is 0. The molecule has 0 spiro atoms. The van der Waals surface area contributed by atoms with E-state index in [2.05, 4.69) is 108 Å². The average Bonchev–Trinajstić information content (AvgIpc) is 3.00. The number of anilines is 2. The topological polar surface area (TPSA) is 113 Å². The molecule has 234 valence electrons. The molecule has 0 amide bonds. The summed E-state index contributed by atoms with van der Waals surface area (Å²) in [6, 6.07) is 33.8. The molecule has 2 heterocycles. The third-order valence-electron chi connectivity index (χ3n) is 7.88. The van der Waals surface area contributed by atoms with Gasteiger partial charge in [0.15, 0.2) is 0 Å². The molecule has 0 aliphatic heterocycles. The van der Waals surface area contributed by atoms with Crippen molar-refractivity contribution in [2.75, 3.05) is 23.7 Å². The number of fused-ring (bicyclic) bond motifs is 4. The van der Waals surface area contributed by atoms with Crippen molar-refractivity contribution in [2.24, 2.45) is 0 Å². The number of hydrogen-bond donors (Lipinski definition) is 2. The number of para-hydroxylation sites is 4. The summed E-state index contributed by atoms with van der Waals surface area (Å²) in [7, 11) is 0. The average molecular weight is 636 g/mol. The number of halogens is 2. The summed E-state index contributed by atoms with van der Waals surface area (Å²) in [4.78, 5) is 9.67. The van der Waals surface area contributed by atoms with Gasteiger partial charge < -0.3 is 21.6 Å². The maximum absolute atomic E-state index is 4.84. The predicted octanol–water partition coefficient (Wildman–Crippen LogP) is 8.93. The van der Waals surface area contributed by atoms with Gasteiger partial charge in [0.1, 0.15) is 0 Å². The normalized spacial score (nSPS) is 10.5. The van der Waals surface area contributed by atoms with Gasteiger partial charge in [0.2, 0.25) is 0 Å². The van der Waals surface area contributed by atoms with E-state index in [9.17, 15) is 0 Å². The van der Waals surface area contributed by atoms with Crippen LogP contribution >= 0.6 is 24.8 Å². The van der Waals surface area contributed by atoms with Crippen LogP contribution < -0.4 is 10.6 Å². The van der Waals surface area contributed by atoms with Gasteiger partial charge in [0.25, 0.3) is 0 Å². The smallest absolute Gasteiger partial charge is 0.0730 e. The van der Waals surface area contributed by atoms with Crippen LogP contribution in [-0.4, -0.2) is 34.0 Å². The van der Waals surface area contributed by atoms with Crippen molar-refractivity contribution in [1.29, 1.82) is 0 Å². The second-order valence-corrected chi connectivity index (χ2v) is 10.7. The minimum Gasteiger partial charge on any atom is -0.412 e. The molecule has 0 saturated carbocycles. The molecular formula is C36H44Cl2N4O2. The number of aromatic nitrogens is 2. The first-order valence-corrected chi connectivity index (χ1v) is 14.9. The Morgan fingerprint density at radius 2 is 0.614 bits per heavy atom. The first kappa shape index (κ1) is 36.5. The summed E-state index contributed by atoms with van der Waals surface area (Å²) in [5, 5.41) is 12.3. The van der Waals surface area contributed by atoms with E-state index < -0.39 is 0 Å². The molecular weight excluding hydrogens is 591 g/mol. The third kappa shape index (κ3) is 8.48. The van der Waals surface area contributed by atoms with Crippen LogP contribution in [0, 0.1) is 0 Å². The fourth-order valence-corrected chi connectivity index (χ4v) is 5.80. The van der Waals surface area contributed by atoms with Crippen molar-refractivity contribution in [2.45, 2.75) is 51.4 Å². The van der Waals surface area contributed by atoms with Gasteiger partial charge in [0.05, 0.1) is 33.4 Å². The number of nitrogens with one attached hydrogen (secondary N) is 2. The van der Waals surface area contributed by atoms with Gasteiger partial charge >= 0.3 is 0 Å². The van der Waals surface area contributed by atoms with E-state index in [4.69, 9.17) is 9.97 Å². The van der Waals surface area contributed by atoms with Gasteiger partial charge in [-0.2, -0.15) is 0 Å². The fraction of sp³-hybridized carbons (Fsp3) is 0.278. The highest BCUT2D eigenvalue weighted by Crippen LogP contribution is 2.32. The highest BCUT2D eigenvalue weighted by atomic mass is 35.5. The molecule has 0 atom stereocenters. The summed E-state index contributed by atoms with van der Waals surface area (Å²) in [6.07, 6.45) is 10.2. The first-order valence-electron chi connectivity index (χ1n) is 14.9. The minimum absolute atomic E-state index is 0. The molecule has 0 bridgehead atoms. The van der Waals surface area contributed by atoms with E-state index in [0.717, 1.165) is 35.2 Å². The SMILES string of the molecule is Cl.Cl.O.O.c1ccc2c(NCCCCCCCCCCNc3c4ccccc4nc4ccccc34)c3ccccc3nc2c1. The monoisotopic (exact) mass is 634 g/mol. The Bertz CT molecular complexity index is 1510. The van der Waals surface area contributed by atoms with Gasteiger partial charge in [-0.3, -0.25) is 0 Å². The van der Waals surface area contributed by atoms with Crippen molar-refractivity contribution in [3.05, 3.63) is 97.1 Å². The van der Waals surface area contributed by atoms with E-state index in [1.807, 2.05) is 0 Å². The lowest BCUT2D eigenvalue weighted by Gasteiger charge is -2.13. The van der Waals surface area contributed by atoms with E-state index in [1.165, 1.54) is 84.3 Å². The van der Waals surface area contributed by atoms with E-state index in [1.54, 1.807) is 0 Å². The Kier molecular flexibility index (Phi) is 15.1. The van der Waals surface area contributed by atoms with Gasteiger partial charge in [-0.05, 0) is 37.1 Å². The summed E-state index contributed by atoms with van der Waals surface area (Å²) in [6.45, 7) is 2.00. The molecule has 0 aliphatic carbocycles. The van der Waals surface area contributed by atoms with Crippen LogP contribution in [0.3, 0.4) is 0 Å². The van der Waals surface area contributed by atoms with E-state index in [0.29, 0.717) is 0 Å². The van der Waals surface area contributed by atoms with E-state index in [-0.39, 0.29) is 35.8 Å². The number of pyridine rings is 2. The van der Waals surface area contributed by atoms with Crippen LogP contribution in [0.25, 0.3) is 43.6 Å². The molecule has 6 aromatic rings. The quantitative estimate of drug-likeness (QED) is 0.0974. The Hall–Kier alpha value is -3.68. The van der Waals surface area contributed by atoms with Crippen molar-refractivity contribution in [1.82, 2.24) is 9.97 Å². The van der Waals surface area contributed by atoms with Crippen molar-refractivity contribution in [3.8, 4) is 0 Å². The molecule has 0 fully saturated rings. The van der Waals surface area contributed by atoms with Crippen LogP contribution in [0.2, 0.25) is 0 Å². The number of hydrogen-bond acceptors (Lipinski definition) is 4. The highest BCUT2D eigenvalue weighted by molar-refractivity contribution is 6.08. The lowest BCUT2D eigenvalue weighted by molar-refractivity contribution is 0.577. The predicted molar refractivity (Wildman–Crippen MR) is 194 cm³/mol. The van der Waals surface area contributed by atoms with Crippen LogP contribution in [0.15, 0.2) is 97.1 Å². The molecule has 0 saturated heterocycles. The van der Waals surface area contributed by atoms with Crippen molar-refractivity contribution < 1.29 is 11.0 Å². The van der Waals surface area contributed by atoms with Crippen LogP contribution in [0.1, 0.15) is 51.4 Å². The standard InChI is InChI=1S/C36H38N4.2ClH.2H2O/c1(3-5-15-25-37-35-27-17-7-11-21-31(27)39-32-22-12-8-18-28(32)35)2-4-6-16-26-38-36-29-19-9-13-23-33(29)40-34-24-14-10-20-30(34)36;;;;/h7-14,17-24H,1-6,15-16,25-26H2,(H,37,39)(H,38,40);2*1H;2*1H2. The molecule has 8 heteroatoms. The molecule has 0 radical (unpaired) electrons. The summed E-state index contributed by atoms with van der Waals surface area (Å²) in [5.41, 5.74) is 6.68. The lowest BCUT2D eigenvalue weighted by Crippen LogP contribution is -2.04. The Labute approximate surface area is 272 Å². The van der Waals surface area contributed by atoms with Crippen LogP contribution in [-0.2, 0) is 0 Å². The lowest BCUT2D eigenvalue weighted by atomic mass is 10.1. The zero-order valence-electron chi connectivity index (χ0n) is 25.0. The zero-order valence-corrected chi connectivity index (χ0v) is 26.7. The molecule has 2 aromatic heterocycles. The highest BCUT2D eigenvalue weighted by Gasteiger charge is 2.09. The largest absolute Gasteiger partial charge is 0.412 e. The van der Waals surface area contributed by atoms with Gasteiger partial charge in [-0.15, -0.1) is 24.8 Å². The van der Waals surface area contributed by atoms with Gasteiger partial charge in [-0.1, -0.05) is 111 Å². The zero-order chi connectivity index (χ0) is 27.0. The van der Waals surface area contributed by atoms with Gasteiger partial charge in [-0.25, -0.2) is 9.97 Å². The van der Waals surface area contributed by atoms with Crippen molar-refractivity contribution in [3.63, 3.8) is 0 Å². The summed E-state index contributed by atoms with van der Waals surface area (Å²) >= 11 is 0. The Morgan fingerprint density at radius 3 is 0.909 bits per heavy atom. The first-order chi connectivity index (χ1) is 19.9. The second kappa shape index (κ2) is 18.2. The Balaban J connectivity index is 0.00000169. The fourth-order valence-electron chi connectivity index (χ4n) is 5.80. The molecule has 4 aromatic carbocycles. The molecule has 6 nitrogen and oxygen atoms in total. The molecule has 44 heavy (non-hydrogen) atoms. The number of benzene rings is 4. The molecule has 0 unspecified atom stereocenters. The van der Waals surface area contributed by atoms with Crippen LogP contribution in [0.4, 0.5) is 11.4 Å². The van der Waals surface area contributed by atoms with Crippen LogP contribution in [0.5, 0.6) is 0 Å². The number of unbranched alkanes of at least 4 members (excludes halogenated alkanes) is 7. The minimum atomic E-state index is 0. The molecule has 6 rings (SSSR count). The summed E-state index contributed by atoms with van der Waals surface area (Å²) in [5.74, 6) is 0. The third-order valence-corrected chi connectivity index (χ3v) is 7.88. The molecule has 0 aliphatic rings. The van der Waals surface area contributed by atoms with Gasteiger partial charge in [0, 0.05) is 34.6 Å².